The van der Waals surface area contributed by atoms with Crippen LogP contribution in [-0.4, -0.2) is 63.2 Å². The average molecular weight is 266 g/mol. The molecule has 0 aromatic carbocycles. The molecule has 1 aromatic heterocycles. The first-order valence-corrected chi connectivity index (χ1v) is 7.33. The second-order valence-electron chi connectivity index (χ2n) is 5.72. The van der Waals surface area contributed by atoms with Crippen LogP contribution in [-0.2, 0) is 0 Å². The minimum absolute atomic E-state index is 0.317. The SMILES string of the molecule is CCC[C@H](c1nnnn1C(C)C)N1CCN(C)CC1. The normalized spacial score (nSPS) is 20.1. The summed E-state index contributed by atoms with van der Waals surface area (Å²) in [6.45, 7) is 11.0. The molecule has 0 amide bonds. The lowest BCUT2D eigenvalue weighted by molar-refractivity contribution is 0.0987. The molecular weight excluding hydrogens is 240 g/mol. The fourth-order valence-electron chi connectivity index (χ4n) is 2.67. The first-order valence-electron chi connectivity index (χ1n) is 7.33. The van der Waals surface area contributed by atoms with Gasteiger partial charge in [0, 0.05) is 26.2 Å². The molecule has 0 bridgehead atoms. The van der Waals surface area contributed by atoms with Crippen molar-refractivity contribution in [1.29, 1.82) is 0 Å². The largest absolute Gasteiger partial charge is 0.304 e. The van der Waals surface area contributed by atoms with Crippen molar-refractivity contribution in [1.82, 2.24) is 30.0 Å². The summed E-state index contributed by atoms with van der Waals surface area (Å²) in [5.74, 6) is 1.03. The van der Waals surface area contributed by atoms with Crippen LogP contribution in [0.2, 0.25) is 0 Å². The number of aromatic nitrogens is 4. The van der Waals surface area contributed by atoms with Gasteiger partial charge in [0.25, 0.3) is 0 Å². The van der Waals surface area contributed by atoms with Crippen molar-refractivity contribution in [2.75, 3.05) is 33.2 Å². The Labute approximate surface area is 115 Å². The van der Waals surface area contributed by atoms with Crippen LogP contribution in [0.3, 0.4) is 0 Å². The summed E-state index contributed by atoms with van der Waals surface area (Å²) < 4.78 is 1.97. The standard InChI is InChI=1S/C13H26N6/c1-5-6-12(18-9-7-17(4)8-10-18)13-14-15-16-19(13)11(2)3/h11-12H,5-10H2,1-4H3/t12-/m1/s1. The number of hydrogen-bond acceptors (Lipinski definition) is 5. The van der Waals surface area contributed by atoms with E-state index in [9.17, 15) is 0 Å². The van der Waals surface area contributed by atoms with E-state index >= 15 is 0 Å². The molecule has 1 atom stereocenters. The van der Waals surface area contributed by atoms with Crippen molar-refractivity contribution in [2.45, 2.75) is 45.7 Å². The number of piperazine rings is 1. The van der Waals surface area contributed by atoms with Crippen LogP contribution >= 0.6 is 0 Å². The molecule has 6 heteroatoms. The van der Waals surface area contributed by atoms with Crippen molar-refractivity contribution in [3.05, 3.63) is 5.82 Å². The highest BCUT2D eigenvalue weighted by Crippen LogP contribution is 2.26. The van der Waals surface area contributed by atoms with Crippen LogP contribution in [0.1, 0.15) is 51.5 Å². The quantitative estimate of drug-likeness (QED) is 0.805. The highest BCUT2D eigenvalue weighted by atomic mass is 15.6. The summed E-state index contributed by atoms with van der Waals surface area (Å²) >= 11 is 0. The number of likely N-dealkylation sites (N-methyl/N-ethyl adjacent to an activating group) is 1. The van der Waals surface area contributed by atoms with E-state index in [1.165, 1.54) is 0 Å². The van der Waals surface area contributed by atoms with Crippen LogP contribution in [0.4, 0.5) is 0 Å². The predicted octanol–water partition coefficient (Wildman–Crippen LogP) is 1.34. The van der Waals surface area contributed by atoms with Gasteiger partial charge in [0.2, 0.25) is 0 Å². The van der Waals surface area contributed by atoms with Crippen LogP contribution in [0.15, 0.2) is 0 Å². The molecule has 0 radical (unpaired) electrons. The summed E-state index contributed by atoms with van der Waals surface area (Å²) in [7, 11) is 2.18. The van der Waals surface area contributed by atoms with E-state index in [0.29, 0.717) is 12.1 Å². The van der Waals surface area contributed by atoms with Gasteiger partial charge in [-0.25, -0.2) is 4.68 Å². The Bertz CT molecular complexity index is 380. The first kappa shape index (κ1) is 14.4. The molecule has 0 saturated carbocycles. The molecule has 1 aliphatic heterocycles. The van der Waals surface area contributed by atoms with Crippen molar-refractivity contribution >= 4 is 0 Å². The molecule has 1 aliphatic rings. The zero-order valence-corrected chi connectivity index (χ0v) is 12.6. The summed E-state index contributed by atoms with van der Waals surface area (Å²) in [4.78, 5) is 4.92. The van der Waals surface area contributed by atoms with E-state index in [0.717, 1.165) is 44.8 Å². The van der Waals surface area contributed by atoms with Crippen LogP contribution in [0.25, 0.3) is 0 Å². The van der Waals surface area contributed by atoms with Crippen molar-refractivity contribution in [3.8, 4) is 0 Å². The van der Waals surface area contributed by atoms with Gasteiger partial charge in [0.1, 0.15) is 0 Å². The maximum atomic E-state index is 4.30. The fraction of sp³-hybridized carbons (Fsp3) is 0.923. The lowest BCUT2D eigenvalue weighted by Gasteiger charge is -2.37. The number of rotatable bonds is 5. The Morgan fingerprint density at radius 3 is 2.42 bits per heavy atom. The molecule has 0 N–H and O–H groups in total. The van der Waals surface area contributed by atoms with Gasteiger partial charge in [0.15, 0.2) is 5.82 Å². The molecule has 2 rings (SSSR count). The molecule has 108 valence electrons. The number of nitrogens with zero attached hydrogens (tertiary/aromatic N) is 6. The van der Waals surface area contributed by atoms with Gasteiger partial charge in [-0.15, -0.1) is 5.10 Å². The molecule has 19 heavy (non-hydrogen) atoms. The fourth-order valence-corrected chi connectivity index (χ4v) is 2.67. The maximum absolute atomic E-state index is 4.30. The van der Waals surface area contributed by atoms with Gasteiger partial charge in [-0.3, -0.25) is 4.90 Å². The zero-order chi connectivity index (χ0) is 13.8. The Morgan fingerprint density at radius 1 is 1.16 bits per heavy atom. The zero-order valence-electron chi connectivity index (χ0n) is 12.6. The highest BCUT2D eigenvalue weighted by Gasteiger charge is 2.28. The van der Waals surface area contributed by atoms with Crippen molar-refractivity contribution in [3.63, 3.8) is 0 Å². The third-order valence-corrected chi connectivity index (χ3v) is 3.85. The summed E-state index contributed by atoms with van der Waals surface area (Å²) in [6.07, 6.45) is 2.28. The molecule has 6 nitrogen and oxygen atoms in total. The van der Waals surface area contributed by atoms with E-state index in [2.05, 4.69) is 53.1 Å². The lowest BCUT2D eigenvalue weighted by Crippen LogP contribution is -2.46. The molecule has 0 spiro atoms. The Hall–Kier alpha value is -1.01. The van der Waals surface area contributed by atoms with E-state index in [-0.39, 0.29) is 0 Å². The third kappa shape index (κ3) is 3.30. The Balaban J connectivity index is 2.17. The summed E-state index contributed by atoms with van der Waals surface area (Å²) in [5, 5.41) is 12.3. The average Bonchev–Trinajstić information content (AvgIpc) is 2.86. The van der Waals surface area contributed by atoms with E-state index < -0.39 is 0 Å². The molecule has 1 saturated heterocycles. The molecule has 2 heterocycles. The second kappa shape index (κ2) is 6.43. The molecule has 0 unspecified atom stereocenters. The number of tetrazole rings is 1. The molecule has 0 aliphatic carbocycles. The topological polar surface area (TPSA) is 50.1 Å². The first-order chi connectivity index (χ1) is 9.13. The van der Waals surface area contributed by atoms with Gasteiger partial charge in [-0.2, -0.15) is 0 Å². The Morgan fingerprint density at radius 2 is 1.84 bits per heavy atom. The minimum Gasteiger partial charge on any atom is -0.304 e. The minimum atomic E-state index is 0.317. The van der Waals surface area contributed by atoms with Gasteiger partial charge in [-0.05, 0) is 37.7 Å². The van der Waals surface area contributed by atoms with Crippen LogP contribution < -0.4 is 0 Å². The molecule has 1 aromatic rings. The van der Waals surface area contributed by atoms with Crippen molar-refractivity contribution in [2.24, 2.45) is 0 Å². The van der Waals surface area contributed by atoms with Gasteiger partial charge in [0.05, 0.1) is 12.1 Å². The van der Waals surface area contributed by atoms with Gasteiger partial charge in [-0.1, -0.05) is 13.3 Å². The van der Waals surface area contributed by atoms with Gasteiger partial charge >= 0.3 is 0 Å². The predicted molar refractivity (Wildman–Crippen MR) is 74.9 cm³/mol. The maximum Gasteiger partial charge on any atom is 0.168 e. The molecule has 1 fully saturated rings. The lowest BCUT2D eigenvalue weighted by atomic mass is 10.1. The van der Waals surface area contributed by atoms with E-state index in [1.807, 2.05) is 4.68 Å². The highest BCUT2D eigenvalue weighted by molar-refractivity contribution is 4.95. The Kier molecular flexibility index (Phi) is 4.87. The van der Waals surface area contributed by atoms with Crippen LogP contribution in [0.5, 0.6) is 0 Å². The van der Waals surface area contributed by atoms with Crippen molar-refractivity contribution < 1.29 is 0 Å². The van der Waals surface area contributed by atoms with E-state index in [4.69, 9.17) is 0 Å². The smallest absolute Gasteiger partial charge is 0.168 e. The summed E-state index contributed by atoms with van der Waals surface area (Å²) in [5.41, 5.74) is 0. The molecular formula is C13H26N6. The third-order valence-electron chi connectivity index (χ3n) is 3.85. The van der Waals surface area contributed by atoms with E-state index in [1.54, 1.807) is 0 Å². The van der Waals surface area contributed by atoms with Gasteiger partial charge < -0.3 is 4.90 Å². The number of hydrogen-bond donors (Lipinski definition) is 0. The van der Waals surface area contributed by atoms with Crippen LogP contribution in [0, 0.1) is 0 Å². The second-order valence-corrected chi connectivity index (χ2v) is 5.72. The summed E-state index contributed by atoms with van der Waals surface area (Å²) in [6, 6.07) is 0.674. The monoisotopic (exact) mass is 266 g/mol.